The largest absolute Gasteiger partial charge is 0.485 e. The highest BCUT2D eigenvalue weighted by molar-refractivity contribution is 5.22. The highest BCUT2D eigenvalue weighted by Crippen LogP contribution is 2.07. The van der Waals surface area contributed by atoms with Crippen LogP contribution in [0.1, 0.15) is 5.56 Å². The first-order valence-corrected chi connectivity index (χ1v) is 5.22. The lowest BCUT2D eigenvalue weighted by molar-refractivity contribution is 0.303. The highest BCUT2D eigenvalue weighted by atomic mass is 19.1. The average Bonchev–Trinajstić information content (AvgIpc) is 2.52. The van der Waals surface area contributed by atoms with Crippen LogP contribution in [0.4, 0.5) is 4.39 Å². The van der Waals surface area contributed by atoms with Gasteiger partial charge in [0.15, 0.2) is 5.75 Å². The molecule has 0 spiro atoms. The second kappa shape index (κ2) is 5.25. The van der Waals surface area contributed by atoms with Gasteiger partial charge in [-0.25, -0.2) is 4.39 Å². The number of hydrogen-bond donors (Lipinski definition) is 0. The molecule has 0 unspecified atom stereocenters. The molecule has 0 aliphatic rings. The Balaban J connectivity index is 2.15. The van der Waals surface area contributed by atoms with E-state index in [4.69, 9.17) is 4.74 Å². The molecule has 0 saturated heterocycles. The lowest BCUT2D eigenvalue weighted by Crippen LogP contribution is -2.04. The zero-order valence-electron chi connectivity index (χ0n) is 9.10. The maximum atomic E-state index is 12.9. The Morgan fingerprint density at radius 2 is 1.65 bits per heavy atom. The molecule has 2 aromatic rings. The van der Waals surface area contributed by atoms with E-state index in [1.54, 1.807) is 0 Å². The van der Waals surface area contributed by atoms with Crippen LogP contribution >= 0.6 is 0 Å². The maximum Gasteiger partial charge on any atom is 0.220 e. The summed E-state index contributed by atoms with van der Waals surface area (Å²) in [5.74, 6) is -0.311. The smallest absolute Gasteiger partial charge is 0.220 e. The number of rotatable bonds is 3. The third-order valence-electron chi connectivity index (χ3n) is 2.27. The van der Waals surface area contributed by atoms with Gasteiger partial charge in [-0.3, -0.25) is 4.79 Å². The average molecular weight is 230 g/mol. The zero-order valence-corrected chi connectivity index (χ0v) is 9.10. The molecule has 0 aromatic heterocycles. The van der Waals surface area contributed by atoms with Crippen molar-refractivity contribution in [1.82, 2.24) is 0 Å². The van der Waals surface area contributed by atoms with Crippen LogP contribution in [0.2, 0.25) is 0 Å². The summed E-state index contributed by atoms with van der Waals surface area (Å²) in [5.41, 5.74) is 0.628. The van der Waals surface area contributed by atoms with Crippen molar-refractivity contribution in [1.29, 1.82) is 0 Å². The second-order valence-electron chi connectivity index (χ2n) is 3.55. The molecule has 2 rings (SSSR count). The van der Waals surface area contributed by atoms with E-state index >= 15 is 0 Å². The standard InChI is InChI=1S/C14H11FO2/c15-12-6-8-13(16)14(9-7-12)17-10-11-4-2-1-3-5-11/h1-9H,10H2. The summed E-state index contributed by atoms with van der Waals surface area (Å²) in [6.45, 7) is 0.293. The fourth-order valence-corrected chi connectivity index (χ4v) is 1.38. The van der Waals surface area contributed by atoms with Gasteiger partial charge in [-0.15, -0.1) is 0 Å². The Bertz CT molecular complexity index is 552. The number of hydrogen-bond acceptors (Lipinski definition) is 2. The van der Waals surface area contributed by atoms with Crippen molar-refractivity contribution < 1.29 is 9.13 Å². The van der Waals surface area contributed by atoms with E-state index in [-0.39, 0.29) is 11.2 Å². The van der Waals surface area contributed by atoms with E-state index in [9.17, 15) is 9.18 Å². The molecular formula is C14H11FO2. The molecule has 0 fully saturated rings. The normalized spacial score (nSPS) is 9.94. The van der Waals surface area contributed by atoms with Crippen LogP contribution in [0, 0.1) is 5.82 Å². The van der Waals surface area contributed by atoms with Crippen LogP contribution in [-0.4, -0.2) is 0 Å². The Labute approximate surface area is 98.3 Å². The van der Waals surface area contributed by atoms with Crippen LogP contribution < -0.4 is 10.2 Å². The molecule has 2 aromatic carbocycles. The van der Waals surface area contributed by atoms with Gasteiger partial charge in [-0.05, 0) is 29.8 Å². The van der Waals surface area contributed by atoms with Crippen molar-refractivity contribution in [3.05, 3.63) is 76.2 Å². The minimum absolute atomic E-state index is 0.151. The minimum atomic E-state index is -0.461. The first-order chi connectivity index (χ1) is 8.25. The topological polar surface area (TPSA) is 26.3 Å². The van der Waals surface area contributed by atoms with E-state index in [2.05, 4.69) is 0 Å². The molecule has 0 N–H and O–H groups in total. The van der Waals surface area contributed by atoms with Crippen LogP contribution in [-0.2, 0) is 6.61 Å². The molecule has 86 valence electrons. The summed E-state index contributed by atoms with van der Waals surface area (Å²) in [7, 11) is 0. The first-order valence-electron chi connectivity index (χ1n) is 5.22. The first kappa shape index (κ1) is 11.3. The molecule has 17 heavy (non-hydrogen) atoms. The summed E-state index contributed by atoms with van der Waals surface area (Å²) in [5, 5.41) is 0. The van der Waals surface area contributed by atoms with Crippen molar-refractivity contribution in [2.75, 3.05) is 0 Å². The predicted octanol–water partition coefficient (Wildman–Crippen LogP) is 2.76. The van der Waals surface area contributed by atoms with E-state index in [1.807, 2.05) is 30.3 Å². The quantitative estimate of drug-likeness (QED) is 0.810. The fraction of sp³-hybridized carbons (Fsp3) is 0.0714. The van der Waals surface area contributed by atoms with E-state index in [0.717, 1.165) is 17.7 Å². The van der Waals surface area contributed by atoms with Gasteiger partial charge in [0.1, 0.15) is 12.4 Å². The third-order valence-corrected chi connectivity index (χ3v) is 2.27. The summed E-state index contributed by atoms with van der Waals surface area (Å²) < 4.78 is 18.2. The van der Waals surface area contributed by atoms with Gasteiger partial charge in [0.05, 0.1) is 0 Å². The van der Waals surface area contributed by atoms with Crippen molar-refractivity contribution >= 4 is 0 Å². The molecule has 0 heterocycles. The Kier molecular flexibility index (Phi) is 3.50. The van der Waals surface area contributed by atoms with Gasteiger partial charge in [0.25, 0.3) is 0 Å². The number of benzene rings is 1. The summed E-state index contributed by atoms with van der Waals surface area (Å²) in [6.07, 6.45) is 0. The van der Waals surface area contributed by atoms with Crippen molar-refractivity contribution in [2.24, 2.45) is 0 Å². The predicted molar refractivity (Wildman–Crippen MR) is 63.4 cm³/mol. The monoisotopic (exact) mass is 230 g/mol. The maximum absolute atomic E-state index is 12.9. The van der Waals surface area contributed by atoms with Gasteiger partial charge in [-0.1, -0.05) is 30.3 Å². The van der Waals surface area contributed by atoms with Crippen LogP contribution in [0.5, 0.6) is 5.75 Å². The highest BCUT2D eigenvalue weighted by Gasteiger charge is 1.99. The summed E-state index contributed by atoms with van der Waals surface area (Å²) in [6, 6.07) is 14.3. The molecule has 0 saturated carbocycles. The lowest BCUT2D eigenvalue weighted by atomic mass is 10.2. The lowest BCUT2D eigenvalue weighted by Gasteiger charge is -2.03. The zero-order chi connectivity index (χ0) is 12.1. The van der Waals surface area contributed by atoms with Crippen LogP contribution in [0.15, 0.2) is 59.4 Å². The molecule has 0 atom stereocenters. The molecule has 3 heteroatoms. The van der Waals surface area contributed by atoms with Gasteiger partial charge >= 0.3 is 0 Å². The summed E-state index contributed by atoms with van der Waals surface area (Å²) >= 11 is 0. The third kappa shape index (κ3) is 3.14. The SMILES string of the molecule is O=c1ccc(F)ccc1OCc1ccccc1. The fourth-order valence-electron chi connectivity index (χ4n) is 1.38. The molecule has 0 bridgehead atoms. The summed E-state index contributed by atoms with van der Waals surface area (Å²) in [4.78, 5) is 11.5. The number of halogens is 1. The van der Waals surface area contributed by atoms with Crippen molar-refractivity contribution in [2.45, 2.75) is 6.61 Å². The van der Waals surface area contributed by atoms with Gasteiger partial charge in [0.2, 0.25) is 5.43 Å². The number of ether oxygens (including phenoxy) is 1. The molecular weight excluding hydrogens is 219 g/mol. The van der Waals surface area contributed by atoms with Crippen molar-refractivity contribution in [3.8, 4) is 5.75 Å². The minimum Gasteiger partial charge on any atom is -0.485 e. The van der Waals surface area contributed by atoms with Gasteiger partial charge in [-0.2, -0.15) is 0 Å². The molecule has 0 aliphatic heterocycles. The van der Waals surface area contributed by atoms with Crippen LogP contribution in [0.25, 0.3) is 0 Å². The molecule has 0 aliphatic carbocycles. The molecule has 0 amide bonds. The van der Waals surface area contributed by atoms with Crippen LogP contribution in [0.3, 0.4) is 0 Å². The van der Waals surface area contributed by atoms with Gasteiger partial charge < -0.3 is 4.74 Å². The van der Waals surface area contributed by atoms with Crippen molar-refractivity contribution in [3.63, 3.8) is 0 Å². The Morgan fingerprint density at radius 3 is 2.41 bits per heavy atom. The second-order valence-corrected chi connectivity index (χ2v) is 3.55. The van der Waals surface area contributed by atoms with Gasteiger partial charge in [0, 0.05) is 0 Å². The van der Waals surface area contributed by atoms with E-state index in [0.29, 0.717) is 6.61 Å². The Hall–Kier alpha value is -2.16. The Morgan fingerprint density at radius 1 is 0.941 bits per heavy atom. The molecule has 0 radical (unpaired) electrons. The van der Waals surface area contributed by atoms with E-state index < -0.39 is 5.82 Å². The molecule has 2 nitrogen and oxygen atoms in total. The van der Waals surface area contributed by atoms with E-state index in [1.165, 1.54) is 12.1 Å².